The SMILES string of the molecule is Cc1ccc(C(=O)C(C)CCCN)s1. The molecule has 0 aliphatic carbocycles. The van der Waals surface area contributed by atoms with E-state index in [9.17, 15) is 4.79 Å². The van der Waals surface area contributed by atoms with Gasteiger partial charge in [-0.1, -0.05) is 6.92 Å². The predicted octanol–water partition coefficient (Wildman–Crippen LogP) is 2.61. The lowest BCUT2D eigenvalue weighted by Crippen LogP contribution is -2.11. The molecule has 0 aliphatic heterocycles. The second kappa shape index (κ2) is 5.27. The molecule has 78 valence electrons. The number of aryl methyl sites for hydroxylation is 1. The lowest BCUT2D eigenvalue weighted by atomic mass is 9.99. The lowest BCUT2D eigenvalue weighted by molar-refractivity contribution is 0.0927. The minimum Gasteiger partial charge on any atom is -0.330 e. The fraction of sp³-hybridized carbons (Fsp3) is 0.545. The molecule has 1 atom stereocenters. The van der Waals surface area contributed by atoms with E-state index in [1.165, 1.54) is 4.88 Å². The number of thiophene rings is 1. The number of hydrogen-bond acceptors (Lipinski definition) is 3. The third-order valence-corrected chi connectivity index (χ3v) is 3.29. The summed E-state index contributed by atoms with van der Waals surface area (Å²) >= 11 is 1.58. The normalized spacial score (nSPS) is 12.8. The van der Waals surface area contributed by atoms with Crippen LogP contribution in [0.3, 0.4) is 0 Å². The molecular weight excluding hydrogens is 194 g/mol. The first-order chi connectivity index (χ1) is 6.65. The van der Waals surface area contributed by atoms with Crippen LogP contribution < -0.4 is 5.73 Å². The van der Waals surface area contributed by atoms with Crippen molar-refractivity contribution in [3.63, 3.8) is 0 Å². The second-order valence-corrected chi connectivity index (χ2v) is 4.89. The highest BCUT2D eigenvalue weighted by Crippen LogP contribution is 2.20. The van der Waals surface area contributed by atoms with E-state index in [4.69, 9.17) is 5.73 Å². The molecule has 0 amide bonds. The molecule has 0 aliphatic rings. The van der Waals surface area contributed by atoms with Crippen molar-refractivity contribution in [2.75, 3.05) is 6.54 Å². The highest BCUT2D eigenvalue weighted by atomic mass is 32.1. The van der Waals surface area contributed by atoms with Crippen molar-refractivity contribution in [1.29, 1.82) is 0 Å². The average Bonchev–Trinajstić information content (AvgIpc) is 2.60. The molecule has 1 rings (SSSR count). The summed E-state index contributed by atoms with van der Waals surface area (Å²) in [6, 6.07) is 3.91. The maximum Gasteiger partial charge on any atom is 0.175 e. The van der Waals surface area contributed by atoms with E-state index in [0.717, 1.165) is 17.7 Å². The molecule has 1 unspecified atom stereocenters. The van der Waals surface area contributed by atoms with Crippen LogP contribution >= 0.6 is 11.3 Å². The van der Waals surface area contributed by atoms with Crippen molar-refractivity contribution in [3.05, 3.63) is 21.9 Å². The first kappa shape index (κ1) is 11.4. The van der Waals surface area contributed by atoms with Crippen molar-refractivity contribution in [1.82, 2.24) is 0 Å². The molecule has 0 radical (unpaired) electrons. The van der Waals surface area contributed by atoms with Crippen LogP contribution in [-0.4, -0.2) is 12.3 Å². The first-order valence-electron chi connectivity index (χ1n) is 4.96. The van der Waals surface area contributed by atoms with Gasteiger partial charge in [0.05, 0.1) is 4.88 Å². The van der Waals surface area contributed by atoms with Crippen LogP contribution in [0.25, 0.3) is 0 Å². The molecular formula is C11H17NOS. The van der Waals surface area contributed by atoms with Crippen molar-refractivity contribution in [3.8, 4) is 0 Å². The van der Waals surface area contributed by atoms with Crippen LogP contribution in [0.2, 0.25) is 0 Å². The summed E-state index contributed by atoms with van der Waals surface area (Å²) in [7, 11) is 0. The Balaban J connectivity index is 2.56. The van der Waals surface area contributed by atoms with Crippen LogP contribution in [0.1, 0.15) is 34.3 Å². The standard InChI is InChI=1S/C11H17NOS/c1-8(4-3-7-12)11(13)10-6-5-9(2)14-10/h5-6,8H,3-4,7,12H2,1-2H3. The Morgan fingerprint density at radius 1 is 1.57 bits per heavy atom. The van der Waals surface area contributed by atoms with Crippen LogP contribution in [0.4, 0.5) is 0 Å². The van der Waals surface area contributed by atoms with Crippen molar-refractivity contribution < 1.29 is 4.79 Å². The Labute approximate surface area is 89.1 Å². The first-order valence-corrected chi connectivity index (χ1v) is 5.77. The van der Waals surface area contributed by atoms with Gasteiger partial charge in [0.25, 0.3) is 0 Å². The molecule has 0 saturated carbocycles. The Kier molecular flexibility index (Phi) is 4.29. The summed E-state index contributed by atoms with van der Waals surface area (Å²) in [5, 5.41) is 0. The van der Waals surface area contributed by atoms with E-state index in [-0.39, 0.29) is 11.7 Å². The van der Waals surface area contributed by atoms with E-state index in [0.29, 0.717) is 6.54 Å². The second-order valence-electron chi connectivity index (χ2n) is 3.61. The number of rotatable bonds is 5. The average molecular weight is 211 g/mol. The molecule has 1 heterocycles. The van der Waals surface area contributed by atoms with Gasteiger partial charge in [0.1, 0.15) is 0 Å². The highest BCUT2D eigenvalue weighted by molar-refractivity contribution is 7.14. The van der Waals surface area contributed by atoms with Gasteiger partial charge in [0.15, 0.2) is 5.78 Å². The molecule has 14 heavy (non-hydrogen) atoms. The summed E-state index contributed by atoms with van der Waals surface area (Å²) in [6.07, 6.45) is 1.82. The van der Waals surface area contributed by atoms with Gasteiger partial charge >= 0.3 is 0 Å². The quantitative estimate of drug-likeness (QED) is 0.761. The minimum absolute atomic E-state index is 0.108. The van der Waals surface area contributed by atoms with Crippen LogP contribution in [0.5, 0.6) is 0 Å². The molecule has 1 aromatic heterocycles. The molecule has 1 aromatic rings. The summed E-state index contributed by atoms with van der Waals surface area (Å²) in [4.78, 5) is 13.9. The fourth-order valence-corrected chi connectivity index (χ4v) is 2.29. The summed E-state index contributed by atoms with van der Waals surface area (Å²) < 4.78 is 0. The molecule has 0 fully saturated rings. The summed E-state index contributed by atoms with van der Waals surface area (Å²) in [5.74, 6) is 0.369. The van der Waals surface area contributed by atoms with Gasteiger partial charge in [-0.05, 0) is 38.4 Å². The number of hydrogen-bond donors (Lipinski definition) is 1. The molecule has 2 nitrogen and oxygen atoms in total. The molecule has 3 heteroatoms. The highest BCUT2D eigenvalue weighted by Gasteiger charge is 2.15. The van der Waals surface area contributed by atoms with E-state index >= 15 is 0 Å². The largest absolute Gasteiger partial charge is 0.330 e. The monoisotopic (exact) mass is 211 g/mol. The van der Waals surface area contributed by atoms with E-state index in [1.54, 1.807) is 11.3 Å². The zero-order valence-electron chi connectivity index (χ0n) is 8.75. The van der Waals surface area contributed by atoms with Gasteiger partial charge < -0.3 is 5.73 Å². The molecule has 0 aromatic carbocycles. The van der Waals surface area contributed by atoms with Gasteiger partial charge in [-0.3, -0.25) is 4.79 Å². The van der Waals surface area contributed by atoms with Crippen LogP contribution in [0, 0.1) is 12.8 Å². The maximum atomic E-state index is 11.8. The summed E-state index contributed by atoms with van der Waals surface area (Å²) in [5.41, 5.74) is 5.41. The number of Topliss-reactive ketones (excluding diaryl/α,β-unsaturated/α-hetero) is 1. The lowest BCUT2D eigenvalue weighted by Gasteiger charge is -2.07. The van der Waals surface area contributed by atoms with Crippen LogP contribution in [-0.2, 0) is 0 Å². The van der Waals surface area contributed by atoms with Crippen molar-refractivity contribution in [2.24, 2.45) is 11.7 Å². The Morgan fingerprint density at radius 3 is 2.79 bits per heavy atom. The van der Waals surface area contributed by atoms with Crippen molar-refractivity contribution in [2.45, 2.75) is 26.7 Å². The molecule has 0 bridgehead atoms. The number of ketones is 1. The molecule has 0 saturated heterocycles. The zero-order chi connectivity index (χ0) is 10.6. The van der Waals surface area contributed by atoms with Crippen molar-refractivity contribution >= 4 is 17.1 Å². The Morgan fingerprint density at radius 2 is 2.29 bits per heavy atom. The maximum absolute atomic E-state index is 11.8. The Bertz CT molecular complexity index is 306. The van der Waals surface area contributed by atoms with Gasteiger partial charge in [-0.25, -0.2) is 0 Å². The number of carbonyl (C=O) groups excluding carboxylic acids is 1. The fourth-order valence-electron chi connectivity index (χ4n) is 1.36. The predicted molar refractivity (Wildman–Crippen MR) is 60.8 cm³/mol. The number of nitrogens with two attached hydrogens (primary N) is 1. The molecule has 2 N–H and O–H groups in total. The smallest absolute Gasteiger partial charge is 0.175 e. The van der Waals surface area contributed by atoms with E-state index < -0.39 is 0 Å². The van der Waals surface area contributed by atoms with Gasteiger partial charge in [-0.2, -0.15) is 0 Å². The zero-order valence-corrected chi connectivity index (χ0v) is 9.56. The number of carbonyl (C=O) groups is 1. The third-order valence-electron chi connectivity index (χ3n) is 2.27. The third kappa shape index (κ3) is 2.93. The van der Waals surface area contributed by atoms with Gasteiger partial charge in [0.2, 0.25) is 0 Å². The topological polar surface area (TPSA) is 43.1 Å². The van der Waals surface area contributed by atoms with Gasteiger partial charge in [-0.15, -0.1) is 11.3 Å². The summed E-state index contributed by atoms with van der Waals surface area (Å²) in [6.45, 7) is 4.67. The van der Waals surface area contributed by atoms with E-state index in [2.05, 4.69) is 0 Å². The van der Waals surface area contributed by atoms with Gasteiger partial charge in [0, 0.05) is 10.8 Å². The van der Waals surface area contributed by atoms with Crippen LogP contribution in [0.15, 0.2) is 12.1 Å². The van der Waals surface area contributed by atoms with E-state index in [1.807, 2.05) is 26.0 Å². The molecule has 0 spiro atoms. The minimum atomic E-state index is 0.108. The Hall–Kier alpha value is -0.670.